The standard InChI is InChI=1S/C24H29FN4OS/c1-17(2)15-29-23(20-11-7-8-12-21(20)25)27-28-24(29)31-16-22(30)26-18(3)13-14-19-9-5-4-6-10-19/h4-12,17-18H,13-16H2,1-3H3,(H,26,30). The molecule has 3 rings (SSSR count). The zero-order valence-electron chi connectivity index (χ0n) is 18.2. The van der Waals surface area contributed by atoms with E-state index in [0.29, 0.717) is 29.0 Å². The van der Waals surface area contributed by atoms with Gasteiger partial charge in [0, 0.05) is 12.6 Å². The third-order valence-electron chi connectivity index (χ3n) is 4.83. The van der Waals surface area contributed by atoms with Crippen LogP contribution in [0.3, 0.4) is 0 Å². The number of carbonyl (C=O) groups is 1. The van der Waals surface area contributed by atoms with E-state index in [1.54, 1.807) is 18.2 Å². The Balaban J connectivity index is 1.60. The van der Waals surface area contributed by atoms with Crippen LogP contribution in [0, 0.1) is 11.7 Å². The highest BCUT2D eigenvalue weighted by Gasteiger charge is 2.19. The van der Waals surface area contributed by atoms with Gasteiger partial charge in [-0.1, -0.05) is 68.1 Å². The van der Waals surface area contributed by atoms with Crippen molar-refractivity contribution >= 4 is 17.7 Å². The third-order valence-corrected chi connectivity index (χ3v) is 5.79. The second-order valence-electron chi connectivity index (χ2n) is 8.07. The van der Waals surface area contributed by atoms with E-state index in [1.807, 2.05) is 29.7 Å². The summed E-state index contributed by atoms with van der Waals surface area (Å²) in [6, 6.07) is 16.9. The van der Waals surface area contributed by atoms with Gasteiger partial charge in [0.25, 0.3) is 0 Å². The number of nitrogens with zero attached hydrogens (tertiary/aromatic N) is 3. The van der Waals surface area contributed by atoms with Crippen LogP contribution in [0.25, 0.3) is 11.4 Å². The molecule has 0 aliphatic heterocycles. The molecule has 0 saturated carbocycles. The van der Waals surface area contributed by atoms with Gasteiger partial charge in [-0.15, -0.1) is 10.2 Å². The average molecular weight is 441 g/mol. The molecule has 0 saturated heterocycles. The molecule has 1 aromatic heterocycles. The number of carbonyl (C=O) groups excluding carboxylic acids is 1. The molecule has 0 fully saturated rings. The number of halogens is 1. The normalized spacial score (nSPS) is 12.2. The number of rotatable bonds is 10. The first-order valence-electron chi connectivity index (χ1n) is 10.6. The van der Waals surface area contributed by atoms with Crippen molar-refractivity contribution in [3.8, 4) is 11.4 Å². The van der Waals surface area contributed by atoms with Gasteiger partial charge in [0.1, 0.15) is 5.82 Å². The van der Waals surface area contributed by atoms with Gasteiger partial charge in [0.2, 0.25) is 5.91 Å². The fraction of sp³-hybridized carbons (Fsp3) is 0.375. The Morgan fingerprint density at radius 3 is 2.48 bits per heavy atom. The summed E-state index contributed by atoms with van der Waals surface area (Å²) < 4.78 is 16.2. The first kappa shape index (κ1) is 23.0. The lowest BCUT2D eigenvalue weighted by atomic mass is 10.1. The molecule has 164 valence electrons. The molecule has 0 bridgehead atoms. The number of hydrogen-bond donors (Lipinski definition) is 1. The van der Waals surface area contributed by atoms with Crippen LogP contribution >= 0.6 is 11.8 Å². The molecule has 7 heteroatoms. The third kappa shape index (κ3) is 6.66. The second-order valence-corrected chi connectivity index (χ2v) is 9.01. The minimum atomic E-state index is -0.332. The van der Waals surface area contributed by atoms with Crippen LogP contribution in [0.4, 0.5) is 4.39 Å². The van der Waals surface area contributed by atoms with Crippen LogP contribution < -0.4 is 5.32 Å². The highest BCUT2D eigenvalue weighted by Crippen LogP contribution is 2.26. The number of aromatic nitrogens is 3. The van der Waals surface area contributed by atoms with E-state index in [1.165, 1.54) is 23.4 Å². The quantitative estimate of drug-likeness (QED) is 0.452. The Labute approximate surface area is 187 Å². The van der Waals surface area contributed by atoms with E-state index in [9.17, 15) is 9.18 Å². The minimum Gasteiger partial charge on any atom is -0.353 e. The fourth-order valence-electron chi connectivity index (χ4n) is 3.31. The number of amides is 1. The predicted octanol–water partition coefficient (Wildman–Crippen LogP) is 4.97. The summed E-state index contributed by atoms with van der Waals surface area (Å²) in [6.45, 7) is 6.83. The van der Waals surface area contributed by atoms with Crippen molar-refractivity contribution in [3.63, 3.8) is 0 Å². The monoisotopic (exact) mass is 440 g/mol. The molecule has 1 atom stereocenters. The molecular weight excluding hydrogens is 411 g/mol. The van der Waals surface area contributed by atoms with Crippen molar-refractivity contribution in [1.29, 1.82) is 0 Å². The summed E-state index contributed by atoms with van der Waals surface area (Å²) in [5.41, 5.74) is 1.68. The number of thioether (sulfide) groups is 1. The predicted molar refractivity (Wildman–Crippen MR) is 123 cm³/mol. The molecule has 3 aromatic rings. The van der Waals surface area contributed by atoms with Gasteiger partial charge >= 0.3 is 0 Å². The molecule has 1 heterocycles. The molecule has 1 N–H and O–H groups in total. The maximum atomic E-state index is 14.3. The number of aryl methyl sites for hydroxylation is 1. The van der Waals surface area contributed by atoms with E-state index in [0.717, 1.165) is 12.8 Å². The van der Waals surface area contributed by atoms with Gasteiger partial charge in [-0.05, 0) is 43.4 Å². The van der Waals surface area contributed by atoms with Crippen LogP contribution in [0.5, 0.6) is 0 Å². The molecule has 5 nitrogen and oxygen atoms in total. The van der Waals surface area contributed by atoms with Crippen LogP contribution in [-0.2, 0) is 17.8 Å². The summed E-state index contributed by atoms with van der Waals surface area (Å²) in [5.74, 6) is 0.681. The van der Waals surface area contributed by atoms with Crippen LogP contribution in [0.1, 0.15) is 32.8 Å². The first-order valence-corrected chi connectivity index (χ1v) is 11.6. The zero-order valence-corrected chi connectivity index (χ0v) is 19.0. The minimum absolute atomic E-state index is 0.0444. The lowest BCUT2D eigenvalue weighted by Crippen LogP contribution is -2.34. The summed E-state index contributed by atoms with van der Waals surface area (Å²) in [6.07, 6.45) is 1.80. The molecule has 1 amide bonds. The molecule has 1 unspecified atom stereocenters. The maximum Gasteiger partial charge on any atom is 0.230 e. The topological polar surface area (TPSA) is 59.8 Å². The Kier molecular flexibility index (Phi) is 8.23. The van der Waals surface area contributed by atoms with Crippen LogP contribution in [0.15, 0.2) is 59.8 Å². The maximum absolute atomic E-state index is 14.3. The van der Waals surface area contributed by atoms with Gasteiger partial charge in [-0.25, -0.2) is 4.39 Å². The first-order chi connectivity index (χ1) is 14.9. The number of benzene rings is 2. The highest BCUT2D eigenvalue weighted by molar-refractivity contribution is 7.99. The molecule has 0 spiro atoms. The van der Waals surface area contributed by atoms with Crippen LogP contribution in [0.2, 0.25) is 0 Å². The summed E-state index contributed by atoms with van der Waals surface area (Å²) >= 11 is 1.33. The largest absolute Gasteiger partial charge is 0.353 e. The van der Waals surface area contributed by atoms with Crippen molar-refractivity contribution in [1.82, 2.24) is 20.1 Å². The van der Waals surface area contributed by atoms with Gasteiger partial charge in [-0.2, -0.15) is 0 Å². The lowest BCUT2D eigenvalue weighted by Gasteiger charge is -2.15. The Morgan fingerprint density at radius 1 is 1.06 bits per heavy atom. The van der Waals surface area contributed by atoms with Gasteiger partial charge in [0.05, 0.1) is 11.3 Å². The van der Waals surface area contributed by atoms with Crippen molar-refractivity contribution < 1.29 is 9.18 Å². The lowest BCUT2D eigenvalue weighted by molar-refractivity contribution is -0.119. The molecule has 0 aliphatic carbocycles. The van der Waals surface area contributed by atoms with Crippen molar-refractivity contribution in [3.05, 3.63) is 66.0 Å². The Morgan fingerprint density at radius 2 is 1.77 bits per heavy atom. The summed E-state index contributed by atoms with van der Waals surface area (Å²) in [5, 5.41) is 12.1. The Hall–Kier alpha value is -2.67. The van der Waals surface area contributed by atoms with Gasteiger partial charge in [0.15, 0.2) is 11.0 Å². The Bertz CT molecular complexity index is 990. The number of nitrogens with one attached hydrogen (secondary N) is 1. The highest BCUT2D eigenvalue weighted by atomic mass is 32.2. The van der Waals surface area contributed by atoms with E-state index < -0.39 is 0 Å². The SMILES string of the molecule is CC(C)Cn1c(SCC(=O)NC(C)CCc2ccccc2)nnc1-c1ccccc1F. The van der Waals surface area contributed by atoms with Gasteiger partial charge < -0.3 is 9.88 Å². The van der Waals surface area contributed by atoms with Crippen LogP contribution in [-0.4, -0.2) is 32.5 Å². The van der Waals surface area contributed by atoms with E-state index >= 15 is 0 Å². The van der Waals surface area contributed by atoms with E-state index in [-0.39, 0.29) is 23.5 Å². The van der Waals surface area contributed by atoms with Crippen molar-refractivity contribution in [2.45, 2.75) is 51.4 Å². The second kappa shape index (κ2) is 11.1. The molecule has 31 heavy (non-hydrogen) atoms. The molecular formula is C24H29FN4OS. The van der Waals surface area contributed by atoms with Crippen molar-refractivity contribution in [2.75, 3.05) is 5.75 Å². The molecule has 0 aliphatic rings. The fourth-order valence-corrected chi connectivity index (χ4v) is 4.07. The van der Waals surface area contributed by atoms with E-state index in [4.69, 9.17) is 0 Å². The number of hydrogen-bond acceptors (Lipinski definition) is 4. The van der Waals surface area contributed by atoms with Crippen molar-refractivity contribution in [2.24, 2.45) is 5.92 Å². The molecule has 0 radical (unpaired) electrons. The average Bonchev–Trinajstić information content (AvgIpc) is 3.13. The molecule has 2 aromatic carbocycles. The zero-order chi connectivity index (χ0) is 22.2. The van der Waals surface area contributed by atoms with E-state index in [2.05, 4.69) is 41.5 Å². The smallest absolute Gasteiger partial charge is 0.230 e. The summed E-state index contributed by atoms with van der Waals surface area (Å²) in [7, 11) is 0. The van der Waals surface area contributed by atoms with Gasteiger partial charge in [-0.3, -0.25) is 4.79 Å². The summed E-state index contributed by atoms with van der Waals surface area (Å²) in [4.78, 5) is 12.5.